The molecule has 2 nitrogen and oxygen atoms in total. The number of amidine groups is 1. The molecule has 0 aromatic rings. The Labute approximate surface area is 88.7 Å². The molecule has 0 bridgehead atoms. The Bertz CT molecular complexity index is 194. The lowest BCUT2D eigenvalue weighted by atomic mass is 10.2. The lowest BCUT2D eigenvalue weighted by Crippen LogP contribution is -2.41. The minimum absolute atomic E-state index is 0.322. The van der Waals surface area contributed by atoms with Crippen LogP contribution in [0.4, 0.5) is 0 Å². The van der Waals surface area contributed by atoms with E-state index in [1.54, 1.807) is 0 Å². The lowest BCUT2D eigenvalue weighted by Gasteiger charge is -2.33. The van der Waals surface area contributed by atoms with Gasteiger partial charge < -0.3 is 4.90 Å². The predicted molar refractivity (Wildman–Crippen MR) is 64.9 cm³/mol. The molecule has 0 rings (SSSR count). The molecular formula is C12H24N2. The first kappa shape index (κ1) is 13.2. The van der Waals surface area contributed by atoms with Crippen molar-refractivity contribution < 1.29 is 0 Å². The molecular weight excluding hydrogens is 172 g/mol. The largest absolute Gasteiger partial charge is 0.352 e. The summed E-state index contributed by atoms with van der Waals surface area (Å²) in [6.45, 7) is 16.7. The highest BCUT2D eigenvalue weighted by Crippen LogP contribution is 2.08. The molecule has 0 fully saturated rings. The highest BCUT2D eigenvalue weighted by molar-refractivity contribution is 5.93. The van der Waals surface area contributed by atoms with Gasteiger partial charge in [0.2, 0.25) is 0 Å². The van der Waals surface area contributed by atoms with Crippen molar-refractivity contribution in [2.24, 2.45) is 4.99 Å². The monoisotopic (exact) mass is 196 g/mol. The van der Waals surface area contributed by atoms with Gasteiger partial charge in [-0.25, -0.2) is 0 Å². The summed E-state index contributed by atoms with van der Waals surface area (Å²) < 4.78 is 0. The van der Waals surface area contributed by atoms with Gasteiger partial charge in [0.15, 0.2) is 0 Å². The first-order chi connectivity index (χ1) is 6.40. The molecule has 0 spiro atoms. The zero-order valence-corrected chi connectivity index (χ0v) is 10.4. The van der Waals surface area contributed by atoms with Crippen LogP contribution < -0.4 is 0 Å². The standard InChI is InChI=1S/C12H24N2/c1-8-12(13-9(2)3)14(10(4)5)11(6)7/h8-11H,1H2,2-7H3/b13-12+. The third kappa shape index (κ3) is 3.95. The Morgan fingerprint density at radius 3 is 1.71 bits per heavy atom. The molecule has 0 saturated carbocycles. The van der Waals surface area contributed by atoms with E-state index in [9.17, 15) is 0 Å². The van der Waals surface area contributed by atoms with Crippen LogP contribution in [-0.4, -0.2) is 28.9 Å². The van der Waals surface area contributed by atoms with E-state index in [0.717, 1.165) is 5.84 Å². The average Bonchev–Trinajstić information content (AvgIpc) is 2.00. The molecule has 0 aromatic heterocycles. The van der Waals surface area contributed by atoms with Crippen LogP contribution in [0.15, 0.2) is 17.6 Å². The van der Waals surface area contributed by atoms with E-state index in [2.05, 4.69) is 58.0 Å². The summed E-state index contributed by atoms with van der Waals surface area (Å²) >= 11 is 0. The molecule has 0 aliphatic heterocycles. The topological polar surface area (TPSA) is 15.6 Å². The second-order valence-corrected chi connectivity index (χ2v) is 4.38. The summed E-state index contributed by atoms with van der Waals surface area (Å²) in [4.78, 5) is 6.85. The van der Waals surface area contributed by atoms with Crippen molar-refractivity contribution >= 4 is 5.84 Å². The second-order valence-electron chi connectivity index (χ2n) is 4.38. The molecule has 0 atom stereocenters. The Hall–Kier alpha value is -0.790. The Balaban J connectivity index is 4.86. The van der Waals surface area contributed by atoms with E-state index in [1.807, 2.05) is 6.08 Å². The number of hydrogen-bond donors (Lipinski definition) is 0. The highest BCUT2D eigenvalue weighted by Gasteiger charge is 2.15. The summed E-state index contributed by atoms with van der Waals surface area (Å²) in [7, 11) is 0. The van der Waals surface area contributed by atoms with Crippen molar-refractivity contribution in [3.05, 3.63) is 12.7 Å². The maximum Gasteiger partial charge on any atom is 0.123 e. The third-order valence-corrected chi connectivity index (χ3v) is 1.95. The molecule has 0 unspecified atom stereocenters. The maximum absolute atomic E-state index is 4.56. The van der Waals surface area contributed by atoms with Crippen molar-refractivity contribution in [3.63, 3.8) is 0 Å². The first-order valence-electron chi connectivity index (χ1n) is 5.38. The molecule has 0 saturated heterocycles. The molecule has 0 aromatic carbocycles. The first-order valence-corrected chi connectivity index (χ1v) is 5.38. The van der Waals surface area contributed by atoms with E-state index < -0.39 is 0 Å². The van der Waals surface area contributed by atoms with Gasteiger partial charge in [0, 0.05) is 18.1 Å². The van der Waals surface area contributed by atoms with Gasteiger partial charge in [-0.3, -0.25) is 4.99 Å². The molecule has 2 heteroatoms. The molecule has 0 radical (unpaired) electrons. The maximum atomic E-state index is 4.56. The molecule has 14 heavy (non-hydrogen) atoms. The smallest absolute Gasteiger partial charge is 0.123 e. The Kier molecular flexibility index (Phi) is 5.51. The summed E-state index contributed by atoms with van der Waals surface area (Å²) in [5.74, 6) is 1.00. The van der Waals surface area contributed by atoms with Crippen LogP contribution >= 0.6 is 0 Å². The van der Waals surface area contributed by atoms with Gasteiger partial charge >= 0.3 is 0 Å². The number of nitrogens with zero attached hydrogens (tertiary/aromatic N) is 2. The fraction of sp³-hybridized carbons (Fsp3) is 0.750. The quantitative estimate of drug-likeness (QED) is 0.498. The minimum atomic E-state index is 0.322. The normalized spacial score (nSPS) is 12.8. The molecule has 0 aliphatic rings. The van der Waals surface area contributed by atoms with Gasteiger partial charge in [-0.15, -0.1) is 0 Å². The molecule has 0 heterocycles. The fourth-order valence-electron chi connectivity index (χ4n) is 1.61. The predicted octanol–water partition coefficient (Wildman–Crippen LogP) is 3.10. The average molecular weight is 196 g/mol. The van der Waals surface area contributed by atoms with Gasteiger partial charge in [0.25, 0.3) is 0 Å². The van der Waals surface area contributed by atoms with Crippen LogP contribution in [0, 0.1) is 0 Å². The number of aliphatic imine (C=N–C) groups is 1. The van der Waals surface area contributed by atoms with Crippen LogP contribution in [0.3, 0.4) is 0 Å². The zero-order chi connectivity index (χ0) is 11.3. The molecule has 0 aliphatic carbocycles. The van der Waals surface area contributed by atoms with E-state index >= 15 is 0 Å². The Morgan fingerprint density at radius 2 is 1.50 bits per heavy atom. The zero-order valence-electron chi connectivity index (χ0n) is 10.4. The summed E-state index contributed by atoms with van der Waals surface area (Å²) in [6.07, 6.45) is 1.85. The highest BCUT2D eigenvalue weighted by atomic mass is 15.2. The summed E-state index contributed by atoms with van der Waals surface area (Å²) in [5, 5.41) is 0. The summed E-state index contributed by atoms with van der Waals surface area (Å²) in [5.41, 5.74) is 0. The number of hydrogen-bond acceptors (Lipinski definition) is 1. The van der Waals surface area contributed by atoms with Gasteiger partial charge in [0.1, 0.15) is 5.84 Å². The van der Waals surface area contributed by atoms with Gasteiger partial charge in [-0.2, -0.15) is 0 Å². The van der Waals surface area contributed by atoms with Gasteiger partial charge in [0.05, 0.1) is 0 Å². The van der Waals surface area contributed by atoms with Crippen molar-refractivity contribution in [2.45, 2.75) is 59.7 Å². The van der Waals surface area contributed by atoms with Gasteiger partial charge in [-0.1, -0.05) is 6.58 Å². The van der Waals surface area contributed by atoms with Crippen molar-refractivity contribution in [3.8, 4) is 0 Å². The van der Waals surface area contributed by atoms with Crippen LogP contribution in [-0.2, 0) is 0 Å². The number of rotatable bonds is 4. The summed E-state index contributed by atoms with van der Waals surface area (Å²) in [6, 6.07) is 1.25. The van der Waals surface area contributed by atoms with E-state index in [1.165, 1.54) is 0 Å². The molecule has 0 N–H and O–H groups in total. The SMILES string of the molecule is C=C/C(=N\C(C)C)N(C(C)C)C(C)C. The third-order valence-electron chi connectivity index (χ3n) is 1.95. The van der Waals surface area contributed by atoms with E-state index in [4.69, 9.17) is 0 Å². The minimum Gasteiger partial charge on any atom is -0.352 e. The van der Waals surface area contributed by atoms with Crippen molar-refractivity contribution in [2.75, 3.05) is 0 Å². The van der Waals surface area contributed by atoms with Crippen LogP contribution in [0.25, 0.3) is 0 Å². The van der Waals surface area contributed by atoms with Crippen LogP contribution in [0.2, 0.25) is 0 Å². The van der Waals surface area contributed by atoms with Crippen molar-refractivity contribution in [1.29, 1.82) is 0 Å². The lowest BCUT2D eigenvalue weighted by molar-refractivity contribution is 0.292. The molecule has 82 valence electrons. The van der Waals surface area contributed by atoms with Gasteiger partial charge in [-0.05, 0) is 47.6 Å². The molecule has 0 amide bonds. The Morgan fingerprint density at radius 1 is 1.07 bits per heavy atom. The van der Waals surface area contributed by atoms with E-state index in [-0.39, 0.29) is 0 Å². The van der Waals surface area contributed by atoms with E-state index in [0.29, 0.717) is 18.1 Å². The van der Waals surface area contributed by atoms with Crippen molar-refractivity contribution in [1.82, 2.24) is 4.90 Å². The van der Waals surface area contributed by atoms with Crippen LogP contribution in [0.1, 0.15) is 41.5 Å². The van der Waals surface area contributed by atoms with Crippen LogP contribution in [0.5, 0.6) is 0 Å². The second kappa shape index (κ2) is 5.84. The fourth-order valence-corrected chi connectivity index (χ4v) is 1.61.